The summed E-state index contributed by atoms with van der Waals surface area (Å²) in [4.78, 5) is 17.0. The molecule has 7 heteroatoms. The number of amides is 1. The summed E-state index contributed by atoms with van der Waals surface area (Å²) in [6.07, 6.45) is 2.94. The van der Waals surface area contributed by atoms with Crippen molar-refractivity contribution in [2.24, 2.45) is 0 Å². The van der Waals surface area contributed by atoms with Crippen molar-refractivity contribution in [2.45, 2.75) is 52.1 Å². The Labute approximate surface area is 152 Å². The van der Waals surface area contributed by atoms with Crippen molar-refractivity contribution in [2.75, 3.05) is 19.6 Å². The molecule has 2 aromatic rings. The fourth-order valence-electron chi connectivity index (χ4n) is 3.89. The molecule has 0 spiro atoms. The molecule has 25 heavy (non-hydrogen) atoms. The smallest absolute Gasteiger partial charge is 0.263 e. The molecule has 0 radical (unpaired) electrons. The topological polar surface area (TPSA) is 63.1 Å². The number of aromatic nitrogens is 3. The predicted octanol–water partition coefficient (Wildman–Crippen LogP) is 2.33. The molecule has 1 amide bonds. The summed E-state index contributed by atoms with van der Waals surface area (Å²) < 4.78 is 2.27. The van der Waals surface area contributed by atoms with Crippen molar-refractivity contribution >= 4 is 17.2 Å². The fourth-order valence-corrected chi connectivity index (χ4v) is 4.97. The molecule has 134 valence electrons. The average Bonchev–Trinajstić information content (AvgIpc) is 3.24. The Morgan fingerprint density at radius 2 is 2.12 bits per heavy atom. The van der Waals surface area contributed by atoms with Gasteiger partial charge in [0.25, 0.3) is 5.91 Å². The van der Waals surface area contributed by atoms with Crippen LogP contribution in [0.15, 0.2) is 6.07 Å². The highest BCUT2D eigenvalue weighted by atomic mass is 32.1. The fraction of sp³-hybridized carbons (Fsp3) is 0.611. The molecule has 0 bridgehead atoms. The van der Waals surface area contributed by atoms with Gasteiger partial charge in [-0.1, -0.05) is 6.92 Å². The van der Waals surface area contributed by atoms with Crippen molar-refractivity contribution in [3.63, 3.8) is 0 Å². The van der Waals surface area contributed by atoms with E-state index in [4.69, 9.17) is 0 Å². The van der Waals surface area contributed by atoms with Gasteiger partial charge in [0, 0.05) is 37.0 Å². The van der Waals surface area contributed by atoms with Crippen LogP contribution >= 0.6 is 11.3 Å². The standard InChI is InChI=1S/C18H25N5OS/c1-3-13-10-15(25-12(13)2)18(24)22-7-4-14(5-8-22)17-21-20-16-11-19-6-9-23(16)17/h10,14,19H,3-9,11H2,1-2H3. The largest absolute Gasteiger partial charge is 0.338 e. The van der Waals surface area contributed by atoms with Gasteiger partial charge in [0.2, 0.25) is 0 Å². The summed E-state index contributed by atoms with van der Waals surface area (Å²) in [7, 11) is 0. The highest BCUT2D eigenvalue weighted by Crippen LogP contribution is 2.30. The number of fused-ring (bicyclic) bond motifs is 1. The summed E-state index contributed by atoms with van der Waals surface area (Å²) in [6.45, 7) is 8.60. The van der Waals surface area contributed by atoms with E-state index in [0.29, 0.717) is 5.92 Å². The number of hydrogen-bond acceptors (Lipinski definition) is 5. The normalized spacial score (nSPS) is 18.4. The van der Waals surface area contributed by atoms with Crippen LogP contribution in [0.25, 0.3) is 0 Å². The SMILES string of the molecule is CCc1cc(C(=O)N2CCC(c3nnc4n3CCNC4)CC2)sc1C. The Hall–Kier alpha value is -1.73. The van der Waals surface area contributed by atoms with E-state index in [9.17, 15) is 4.79 Å². The van der Waals surface area contributed by atoms with Crippen molar-refractivity contribution in [1.29, 1.82) is 0 Å². The van der Waals surface area contributed by atoms with Crippen LogP contribution in [0.5, 0.6) is 0 Å². The molecule has 4 heterocycles. The van der Waals surface area contributed by atoms with Gasteiger partial charge in [-0.3, -0.25) is 4.79 Å². The van der Waals surface area contributed by atoms with Gasteiger partial charge in [-0.15, -0.1) is 21.5 Å². The maximum absolute atomic E-state index is 12.8. The van der Waals surface area contributed by atoms with Gasteiger partial charge in [0.15, 0.2) is 0 Å². The molecule has 1 saturated heterocycles. The van der Waals surface area contributed by atoms with Crippen molar-refractivity contribution in [3.05, 3.63) is 33.0 Å². The number of likely N-dealkylation sites (tertiary alicyclic amines) is 1. The third-order valence-corrected chi connectivity index (χ3v) is 6.49. The second kappa shape index (κ2) is 6.88. The van der Waals surface area contributed by atoms with E-state index in [-0.39, 0.29) is 5.91 Å². The molecule has 6 nitrogen and oxygen atoms in total. The van der Waals surface area contributed by atoms with E-state index < -0.39 is 0 Å². The summed E-state index contributed by atoms with van der Waals surface area (Å²) >= 11 is 1.63. The number of carbonyl (C=O) groups excluding carboxylic acids is 1. The van der Waals surface area contributed by atoms with E-state index in [1.165, 1.54) is 10.4 Å². The average molecular weight is 359 g/mol. The lowest BCUT2D eigenvalue weighted by molar-refractivity contribution is 0.0715. The van der Waals surface area contributed by atoms with E-state index in [2.05, 4.69) is 40.0 Å². The van der Waals surface area contributed by atoms with E-state index >= 15 is 0 Å². The molecule has 2 aliphatic rings. The third-order valence-electron chi connectivity index (χ3n) is 5.41. The number of aryl methyl sites for hydroxylation is 2. The summed E-state index contributed by atoms with van der Waals surface area (Å²) in [6, 6.07) is 2.08. The maximum atomic E-state index is 12.8. The van der Waals surface area contributed by atoms with Crippen LogP contribution in [-0.4, -0.2) is 45.2 Å². The molecule has 1 N–H and O–H groups in total. The molecule has 0 saturated carbocycles. The second-order valence-electron chi connectivity index (χ2n) is 6.91. The Morgan fingerprint density at radius 1 is 1.32 bits per heavy atom. The number of rotatable bonds is 3. The number of carbonyl (C=O) groups is 1. The monoisotopic (exact) mass is 359 g/mol. The first-order valence-electron chi connectivity index (χ1n) is 9.18. The van der Waals surface area contributed by atoms with Crippen LogP contribution < -0.4 is 5.32 Å². The molecule has 0 atom stereocenters. The Balaban J connectivity index is 1.42. The molecule has 0 unspecified atom stereocenters. The molecule has 0 aliphatic carbocycles. The molecule has 2 aromatic heterocycles. The van der Waals surface area contributed by atoms with Gasteiger partial charge in [-0.25, -0.2) is 0 Å². The zero-order valence-corrected chi connectivity index (χ0v) is 15.7. The minimum atomic E-state index is 0.193. The molecule has 0 aromatic carbocycles. The Kier molecular flexibility index (Phi) is 4.60. The maximum Gasteiger partial charge on any atom is 0.263 e. The van der Waals surface area contributed by atoms with Crippen molar-refractivity contribution < 1.29 is 4.79 Å². The molecular weight excluding hydrogens is 334 g/mol. The minimum Gasteiger partial charge on any atom is -0.338 e. The minimum absolute atomic E-state index is 0.193. The van der Waals surface area contributed by atoms with E-state index in [0.717, 1.165) is 68.5 Å². The van der Waals surface area contributed by atoms with Gasteiger partial charge in [0.05, 0.1) is 11.4 Å². The van der Waals surface area contributed by atoms with Crippen LogP contribution in [0.4, 0.5) is 0 Å². The molecule has 4 rings (SSSR count). The lowest BCUT2D eigenvalue weighted by Gasteiger charge is -2.31. The Morgan fingerprint density at radius 3 is 2.84 bits per heavy atom. The van der Waals surface area contributed by atoms with Crippen molar-refractivity contribution in [3.8, 4) is 0 Å². The second-order valence-corrected chi connectivity index (χ2v) is 8.17. The number of thiophene rings is 1. The number of nitrogens with one attached hydrogen (secondary N) is 1. The van der Waals surface area contributed by atoms with Gasteiger partial charge in [-0.2, -0.15) is 0 Å². The summed E-state index contributed by atoms with van der Waals surface area (Å²) in [5.74, 6) is 2.77. The van der Waals surface area contributed by atoms with Gasteiger partial charge < -0.3 is 14.8 Å². The van der Waals surface area contributed by atoms with Crippen LogP contribution in [0.1, 0.15) is 57.4 Å². The van der Waals surface area contributed by atoms with Crippen LogP contribution in [-0.2, 0) is 19.5 Å². The zero-order valence-electron chi connectivity index (χ0n) is 14.9. The number of piperidine rings is 1. The zero-order chi connectivity index (χ0) is 17.4. The van der Waals surface area contributed by atoms with Crippen LogP contribution in [0.3, 0.4) is 0 Å². The van der Waals surface area contributed by atoms with Gasteiger partial charge >= 0.3 is 0 Å². The summed E-state index contributed by atoms with van der Waals surface area (Å²) in [5, 5.41) is 12.1. The summed E-state index contributed by atoms with van der Waals surface area (Å²) in [5.41, 5.74) is 1.30. The lowest BCUT2D eigenvalue weighted by Crippen LogP contribution is -2.38. The molecule has 1 fully saturated rings. The molecular formula is C18H25N5OS. The van der Waals surface area contributed by atoms with Crippen LogP contribution in [0, 0.1) is 6.92 Å². The number of nitrogens with zero attached hydrogens (tertiary/aromatic N) is 4. The van der Waals surface area contributed by atoms with Crippen molar-refractivity contribution in [1.82, 2.24) is 25.0 Å². The predicted molar refractivity (Wildman–Crippen MR) is 98.0 cm³/mol. The van der Waals surface area contributed by atoms with E-state index in [1.54, 1.807) is 11.3 Å². The Bertz CT molecular complexity index is 773. The lowest BCUT2D eigenvalue weighted by atomic mass is 9.95. The van der Waals surface area contributed by atoms with E-state index in [1.807, 2.05) is 4.90 Å². The molecule has 2 aliphatic heterocycles. The third kappa shape index (κ3) is 3.11. The number of hydrogen-bond donors (Lipinski definition) is 1. The first kappa shape index (κ1) is 16.7. The highest BCUT2D eigenvalue weighted by molar-refractivity contribution is 7.14. The quantitative estimate of drug-likeness (QED) is 0.914. The van der Waals surface area contributed by atoms with Crippen LogP contribution in [0.2, 0.25) is 0 Å². The first-order chi connectivity index (χ1) is 12.2. The van der Waals surface area contributed by atoms with Gasteiger partial charge in [-0.05, 0) is 37.8 Å². The van der Waals surface area contributed by atoms with Gasteiger partial charge in [0.1, 0.15) is 11.6 Å². The first-order valence-corrected chi connectivity index (χ1v) is 10.00. The highest BCUT2D eigenvalue weighted by Gasteiger charge is 2.29.